The van der Waals surface area contributed by atoms with E-state index >= 15 is 0 Å². The van der Waals surface area contributed by atoms with E-state index in [2.05, 4.69) is 11.4 Å². The minimum atomic E-state index is -4.06. The molecule has 0 aliphatic heterocycles. The molecule has 0 aliphatic rings. The third kappa shape index (κ3) is 3.94. The molecule has 2 aromatic rings. The van der Waals surface area contributed by atoms with Gasteiger partial charge in [0, 0.05) is 22.0 Å². The van der Waals surface area contributed by atoms with Gasteiger partial charge < -0.3 is 5.32 Å². The maximum absolute atomic E-state index is 12.2. The standard InChI is InChI=1S/C14H16F3NS/c1-18-11(6-4-8-14(15,16)17)13-9-10-5-2-3-7-12(10)19-13/h2-3,5,7,9,11,18H,4,6,8H2,1H3. The highest BCUT2D eigenvalue weighted by atomic mass is 32.1. The number of rotatable bonds is 5. The molecule has 0 saturated heterocycles. The molecule has 1 heterocycles. The van der Waals surface area contributed by atoms with Crippen molar-refractivity contribution in [2.75, 3.05) is 7.05 Å². The molecule has 1 unspecified atom stereocenters. The molecule has 1 aromatic heterocycles. The molecular formula is C14H16F3NS. The van der Waals surface area contributed by atoms with Crippen molar-refractivity contribution in [2.45, 2.75) is 31.5 Å². The molecule has 1 aromatic carbocycles. The summed E-state index contributed by atoms with van der Waals surface area (Å²) in [6, 6.07) is 10.1. The Bertz CT molecular complexity index is 500. The van der Waals surface area contributed by atoms with Gasteiger partial charge in [0.25, 0.3) is 0 Å². The summed E-state index contributed by atoms with van der Waals surface area (Å²) in [5, 5.41) is 4.26. The highest BCUT2D eigenvalue weighted by Gasteiger charge is 2.26. The number of benzene rings is 1. The quantitative estimate of drug-likeness (QED) is 0.825. The zero-order valence-corrected chi connectivity index (χ0v) is 11.4. The van der Waals surface area contributed by atoms with Crippen LogP contribution in [-0.2, 0) is 0 Å². The van der Waals surface area contributed by atoms with Gasteiger partial charge >= 0.3 is 6.18 Å². The molecule has 0 aliphatic carbocycles. The number of thiophene rings is 1. The Balaban J connectivity index is 2.04. The van der Waals surface area contributed by atoms with Crippen molar-refractivity contribution < 1.29 is 13.2 Å². The van der Waals surface area contributed by atoms with Crippen molar-refractivity contribution in [3.05, 3.63) is 35.2 Å². The molecule has 19 heavy (non-hydrogen) atoms. The lowest BCUT2D eigenvalue weighted by Gasteiger charge is -2.14. The first-order valence-corrected chi connectivity index (χ1v) is 7.04. The van der Waals surface area contributed by atoms with Crippen LogP contribution in [0.25, 0.3) is 10.1 Å². The molecule has 1 N–H and O–H groups in total. The van der Waals surface area contributed by atoms with Crippen molar-refractivity contribution in [2.24, 2.45) is 0 Å². The summed E-state index contributed by atoms with van der Waals surface area (Å²) >= 11 is 1.64. The number of alkyl halides is 3. The molecule has 0 bridgehead atoms. The van der Waals surface area contributed by atoms with Gasteiger partial charge in [0.05, 0.1) is 0 Å². The summed E-state index contributed by atoms with van der Waals surface area (Å²) in [4.78, 5) is 1.10. The van der Waals surface area contributed by atoms with Crippen molar-refractivity contribution in [1.29, 1.82) is 0 Å². The molecule has 1 nitrogen and oxygen atoms in total. The molecule has 0 saturated carbocycles. The van der Waals surface area contributed by atoms with Crippen LogP contribution in [0.3, 0.4) is 0 Å². The van der Waals surface area contributed by atoms with Crippen LogP contribution in [0.1, 0.15) is 30.2 Å². The lowest BCUT2D eigenvalue weighted by molar-refractivity contribution is -0.135. The Labute approximate surface area is 114 Å². The lowest BCUT2D eigenvalue weighted by Crippen LogP contribution is -2.16. The minimum Gasteiger partial charge on any atom is -0.312 e. The predicted molar refractivity (Wildman–Crippen MR) is 73.5 cm³/mol. The molecule has 5 heteroatoms. The zero-order chi connectivity index (χ0) is 13.9. The molecule has 0 fully saturated rings. The minimum absolute atomic E-state index is 0.000231. The summed E-state index contributed by atoms with van der Waals surface area (Å²) in [6.07, 6.45) is -4.11. The molecule has 0 spiro atoms. The van der Waals surface area contributed by atoms with Gasteiger partial charge in [-0.05, 0) is 37.4 Å². The van der Waals surface area contributed by atoms with Gasteiger partial charge in [-0.25, -0.2) is 0 Å². The monoisotopic (exact) mass is 287 g/mol. The average molecular weight is 287 g/mol. The lowest BCUT2D eigenvalue weighted by atomic mass is 10.1. The van der Waals surface area contributed by atoms with Gasteiger partial charge in [-0.15, -0.1) is 11.3 Å². The molecule has 104 valence electrons. The largest absolute Gasteiger partial charge is 0.389 e. The van der Waals surface area contributed by atoms with Crippen LogP contribution < -0.4 is 5.32 Å². The van der Waals surface area contributed by atoms with Gasteiger partial charge in [0.15, 0.2) is 0 Å². The highest BCUT2D eigenvalue weighted by molar-refractivity contribution is 7.19. The first-order valence-electron chi connectivity index (χ1n) is 6.22. The van der Waals surface area contributed by atoms with E-state index in [4.69, 9.17) is 0 Å². The highest BCUT2D eigenvalue weighted by Crippen LogP contribution is 2.33. The molecular weight excluding hydrogens is 271 g/mol. The summed E-state index contributed by atoms with van der Waals surface area (Å²) in [5.74, 6) is 0. The first-order chi connectivity index (χ1) is 8.99. The maximum Gasteiger partial charge on any atom is 0.389 e. The van der Waals surface area contributed by atoms with Crippen LogP contribution in [0.15, 0.2) is 30.3 Å². The molecule has 1 atom stereocenters. The van der Waals surface area contributed by atoms with E-state index in [0.717, 1.165) is 10.3 Å². The number of halogens is 3. The van der Waals surface area contributed by atoms with Gasteiger partial charge in [-0.2, -0.15) is 13.2 Å². The van der Waals surface area contributed by atoms with Crippen molar-refractivity contribution >= 4 is 21.4 Å². The van der Waals surface area contributed by atoms with Crippen LogP contribution in [0.2, 0.25) is 0 Å². The zero-order valence-electron chi connectivity index (χ0n) is 10.6. The van der Waals surface area contributed by atoms with Crippen LogP contribution in [0.5, 0.6) is 0 Å². The summed E-state index contributed by atoms with van der Waals surface area (Å²) in [6.45, 7) is 0. The topological polar surface area (TPSA) is 12.0 Å². The number of hydrogen-bond donors (Lipinski definition) is 1. The average Bonchev–Trinajstić information content (AvgIpc) is 2.76. The van der Waals surface area contributed by atoms with Gasteiger partial charge in [-0.3, -0.25) is 0 Å². The fourth-order valence-corrected chi connectivity index (χ4v) is 3.32. The van der Waals surface area contributed by atoms with E-state index in [1.807, 2.05) is 24.3 Å². The summed E-state index contributed by atoms with van der Waals surface area (Å²) in [5.41, 5.74) is 0. The van der Waals surface area contributed by atoms with E-state index in [-0.39, 0.29) is 12.5 Å². The van der Waals surface area contributed by atoms with Crippen LogP contribution in [0.4, 0.5) is 13.2 Å². The van der Waals surface area contributed by atoms with Crippen molar-refractivity contribution in [3.63, 3.8) is 0 Å². The van der Waals surface area contributed by atoms with Crippen LogP contribution >= 0.6 is 11.3 Å². The molecule has 2 rings (SSSR count). The van der Waals surface area contributed by atoms with Gasteiger partial charge in [0.1, 0.15) is 0 Å². The smallest absolute Gasteiger partial charge is 0.312 e. The number of hydrogen-bond acceptors (Lipinski definition) is 2. The number of fused-ring (bicyclic) bond motifs is 1. The Morgan fingerprint density at radius 1 is 1.26 bits per heavy atom. The Hall–Kier alpha value is -1.07. The van der Waals surface area contributed by atoms with E-state index in [0.29, 0.717) is 6.42 Å². The Morgan fingerprint density at radius 3 is 2.63 bits per heavy atom. The van der Waals surface area contributed by atoms with Gasteiger partial charge in [-0.1, -0.05) is 18.2 Å². The molecule has 0 radical (unpaired) electrons. The Kier molecular flexibility index (Phi) is 4.47. The SMILES string of the molecule is CNC(CCCC(F)(F)F)c1cc2ccccc2s1. The normalized spacial score (nSPS) is 13.9. The van der Waals surface area contributed by atoms with E-state index in [1.165, 1.54) is 4.70 Å². The van der Waals surface area contributed by atoms with E-state index < -0.39 is 12.6 Å². The predicted octanol–water partition coefficient (Wildman–Crippen LogP) is 4.89. The first kappa shape index (κ1) is 14.3. The second-order valence-corrected chi connectivity index (χ2v) is 5.65. The summed E-state index contributed by atoms with van der Waals surface area (Å²) < 4.78 is 37.7. The van der Waals surface area contributed by atoms with Gasteiger partial charge in [0.2, 0.25) is 0 Å². The number of nitrogens with one attached hydrogen (secondary N) is 1. The fourth-order valence-electron chi connectivity index (χ4n) is 2.11. The van der Waals surface area contributed by atoms with Crippen molar-refractivity contribution in [3.8, 4) is 0 Å². The summed E-state index contributed by atoms with van der Waals surface area (Å²) in [7, 11) is 1.79. The van der Waals surface area contributed by atoms with E-state index in [1.54, 1.807) is 18.4 Å². The second kappa shape index (κ2) is 5.92. The van der Waals surface area contributed by atoms with Crippen molar-refractivity contribution in [1.82, 2.24) is 5.32 Å². The van der Waals surface area contributed by atoms with Crippen LogP contribution in [-0.4, -0.2) is 13.2 Å². The fraction of sp³-hybridized carbons (Fsp3) is 0.429. The maximum atomic E-state index is 12.2. The Morgan fingerprint density at radius 2 is 2.00 bits per heavy atom. The third-order valence-corrected chi connectivity index (χ3v) is 4.32. The van der Waals surface area contributed by atoms with E-state index in [9.17, 15) is 13.2 Å². The third-order valence-electron chi connectivity index (χ3n) is 3.09. The second-order valence-electron chi connectivity index (χ2n) is 4.54. The molecule has 0 amide bonds. The van der Waals surface area contributed by atoms with Crippen LogP contribution in [0, 0.1) is 0 Å².